The first-order chi connectivity index (χ1) is 8.69. The van der Waals surface area contributed by atoms with E-state index in [-0.39, 0.29) is 24.7 Å². The van der Waals surface area contributed by atoms with Crippen molar-refractivity contribution in [1.29, 1.82) is 0 Å². The second-order valence-corrected chi connectivity index (χ2v) is 5.08. The molecule has 0 radical (unpaired) electrons. The van der Waals surface area contributed by atoms with Crippen molar-refractivity contribution in [2.45, 2.75) is 19.1 Å². The molecule has 6 heteroatoms. The van der Waals surface area contributed by atoms with E-state index in [1.807, 2.05) is 11.8 Å². The Kier molecular flexibility index (Phi) is 4.94. The number of morpholine rings is 1. The average molecular weight is 257 g/mol. The summed E-state index contributed by atoms with van der Waals surface area (Å²) in [7, 11) is 0. The van der Waals surface area contributed by atoms with Crippen LogP contribution in [0.3, 0.4) is 0 Å². The van der Waals surface area contributed by atoms with E-state index in [0.29, 0.717) is 19.6 Å². The van der Waals surface area contributed by atoms with Crippen molar-refractivity contribution in [1.82, 2.24) is 15.1 Å². The molecule has 0 aromatic heterocycles. The lowest BCUT2D eigenvalue weighted by Gasteiger charge is -2.37. The summed E-state index contributed by atoms with van der Waals surface area (Å²) >= 11 is 0. The van der Waals surface area contributed by atoms with Crippen molar-refractivity contribution in [2.75, 3.05) is 52.4 Å². The van der Waals surface area contributed by atoms with Crippen LogP contribution in [0.1, 0.15) is 6.92 Å². The quantitative estimate of drug-likeness (QED) is 0.644. The average Bonchev–Trinajstić information content (AvgIpc) is 2.39. The Morgan fingerprint density at radius 1 is 1.39 bits per heavy atom. The zero-order chi connectivity index (χ0) is 13.0. The lowest BCUT2D eigenvalue weighted by molar-refractivity contribution is -0.148. The molecule has 2 N–H and O–H groups in total. The van der Waals surface area contributed by atoms with Crippen LogP contribution in [0, 0.1) is 0 Å². The largest absolute Gasteiger partial charge is 0.394 e. The highest BCUT2D eigenvalue weighted by Gasteiger charge is 2.28. The fraction of sp³-hybridized carbons (Fsp3) is 0.917. The SMILES string of the molecule is CC1CN(C(=O)CN2CCNCC2)CC(CO)O1. The third kappa shape index (κ3) is 3.65. The van der Waals surface area contributed by atoms with Crippen LogP contribution in [-0.4, -0.2) is 85.4 Å². The molecule has 2 atom stereocenters. The standard InChI is InChI=1S/C12H23N3O3/c1-10-6-15(7-11(9-16)18-10)12(17)8-14-4-2-13-3-5-14/h10-11,13,16H,2-9H2,1H3. The van der Waals surface area contributed by atoms with Crippen molar-refractivity contribution in [3.63, 3.8) is 0 Å². The van der Waals surface area contributed by atoms with Gasteiger partial charge in [0.1, 0.15) is 0 Å². The summed E-state index contributed by atoms with van der Waals surface area (Å²) in [5, 5.41) is 12.4. The zero-order valence-corrected chi connectivity index (χ0v) is 11.0. The van der Waals surface area contributed by atoms with Crippen molar-refractivity contribution in [2.24, 2.45) is 0 Å². The van der Waals surface area contributed by atoms with Gasteiger partial charge in [-0.05, 0) is 6.92 Å². The number of carbonyl (C=O) groups is 1. The van der Waals surface area contributed by atoms with Gasteiger partial charge in [0.05, 0.1) is 25.4 Å². The van der Waals surface area contributed by atoms with E-state index in [2.05, 4.69) is 10.2 Å². The second-order valence-electron chi connectivity index (χ2n) is 5.08. The lowest BCUT2D eigenvalue weighted by atomic mass is 10.2. The fourth-order valence-electron chi connectivity index (χ4n) is 2.51. The molecule has 2 rings (SSSR count). The summed E-state index contributed by atoms with van der Waals surface area (Å²) in [5.74, 6) is 0.144. The summed E-state index contributed by atoms with van der Waals surface area (Å²) in [5.41, 5.74) is 0. The Labute approximate surface area is 108 Å². The van der Waals surface area contributed by atoms with Gasteiger partial charge in [0.25, 0.3) is 0 Å². The van der Waals surface area contributed by atoms with Gasteiger partial charge in [0, 0.05) is 39.3 Å². The molecule has 1 amide bonds. The number of aliphatic hydroxyl groups excluding tert-OH is 1. The van der Waals surface area contributed by atoms with Crippen LogP contribution in [0.2, 0.25) is 0 Å². The topological polar surface area (TPSA) is 65.0 Å². The Hall–Kier alpha value is -0.690. The van der Waals surface area contributed by atoms with Crippen LogP contribution in [0.4, 0.5) is 0 Å². The van der Waals surface area contributed by atoms with Crippen molar-refractivity contribution < 1.29 is 14.6 Å². The Morgan fingerprint density at radius 2 is 2.11 bits per heavy atom. The number of ether oxygens (including phenoxy) is 1. The molecular weight excluding hydrogens is 234 g/mol. The van der Waals surface area contributed by atoms with Crippen molar-refractivity contribution >= 4 is 5.91 Å². The molecule has 0 aromatic rings. The number of nitrogens with one attached hydrogen (secondary N) is 1. The summed E-state index contributed by atoms with van der Waals surface area (Å²) in [6.07, 6.45) is -0.233. The number of aliphatic hydroxyl groups is 1. The van der Waals surface area contributed by atoms with Gasteiger partial charge < -0.3 is 20.1 Å². The first-order valence-electron chi connectivity index (χ1n) is 6.66. The minimum absolute atomic E-state index is 0.00266. The number of nitrogens with zero attached hydrogens (tertiary/aromatic N) is 2. The van der Waals surface area contributed by atoms with E-state index in [9.17, 15) is 4.79 Å². The number of rotatable bonds is 3. The Balaban J connectivity index is 1.83. The fourth-order valence-corrected chi connectivity index (χ4v) is 2.51. The predicted octanol–water partition coefficient (Wildman–Crippen LogP) is -1.50. The molecule has 2 saturated heterocycles. The maximum Gasteiger partial charge on any atom is 0.236 e. The van der Waals surface area contributed by atoms with Gasteiger partial charge in [0.2, 0.25) is 5.91 Å². The van der Waals surface area contributed by atoms with Crippen LogP contribution in [-0.2, 0) is 9.53 Å². The molecule has 0 saturated carbocycles. The number of hydrogen-bond donors (Lipinski definition) is 2. The van der Waals surface area contributed by atoms with E-state index >= 15 is 0 Å². The summed E-state index contributed by atoms with van der Waals surface area (Å²) < 4.78 is 5.54. The third-order valence-electron chi connectivity index (χ3n) is 3.45. The Bertz CT molecular complexity index is 282. The highest BCUT2D eigenvalue weighted by molar-refractivity contribution is 5.78. The molecular formula is C12H23N3O3. The number of amides is 1. The first kappa shape index (κ1) is 13.7. The second kappa shape index (κ2) is 6.47. The van der Waals surface area contributed by atoms with Gasteiger partial charge in [-0.25, -0.2) is 0 Å². The molecule has 0 spiro atoms. The molecule has 2 unspecified atom stereocenters. The lowest BCUT2D eigenvalue weighted by Crippen LogP contribution is -2.54. The van der Waals surface area contributed by atoms with Crippen LogP contribution in [0.5, 0.6) is 0 Å². The minimum atomic E-state index is -0.235. The summed E-state index contributed by atoms with van der Waals surface area (Å²) in [4.78, 5) is 16.2. The maximum absolute atomic E-state index is 12.2. The zero-order valence-electron chi connectivity index (χ0n) is 11.0. The van der Waals surface area contributed by atoms with Gasteiger partial charge in [-0.2, -0.15) is 0 Å². The van der Waals surface area contributed by atoms with Gasteiger partial charge in [-0.1, -0.05) is 0 Å². The normalized spacial score (nSPS) is 30.4. The van der Waals surface area contributed by atoms with E-state index in [4.69, 9.17) is 9.84 Å². The van der Waals surface area contributed by atoms with Crippen LogP contribution in [0.25, 0.3) is 0 Å². The molecule has 2 aliphatic rings. The molecule has 104 valence electrons. The maximum atomic E-state index is 12.2. The molecule has 18 heavy (non-hydrogen) atoms. The number of carbonyl (C=O) groups excluding carboxylic acids is 1. The molecule has 0 bridgehead atoms. The predicted molar refractivity (Wildman–Crippen MR) is 67.3 cm³/mol. The molecule has 6 nitrogen and oxygen atoms in total. The number of hydrogen-bond acceptors (Lipinski definition) is 5. The van der Waals surface area contributed by atoms with Crippen LogP contribution in [0.15, 0.2) is 0 Å². The van der Waals surface area contributed by atoms with E-state index in [0.717, 1.165) is 26.2 Å². The van der Waals surface area contributed by atoms with Gasteiger partial charge in [-0.15, -0.1) is 0 Å². The van der Waals surface area contributed by atoms with Crippen LogP contribution < -0.4 is 5.32 Å². The van der Waals surface area contributed by atoms with E-state index < -0.39 is 0 Å². The smallest absolute Gasteiger partial charge is 0.236 e. The third-order valence-corrected chi connectivity index (χ3v) is 3.45. The molecule has 0 aromatic carbocycles. The minimum Gasteiger partial charge on any atom is -0.394 e. The molecule has 2 fully saturated rings. The summed E-state index contributed by atoms with van der Waals surface area (Å²) in [6, 6.07) is 0. The van der Waals surface area contributed by atoms with E-state index in [1.54, 1.807) is 0 Å². The molecule has 0 aliphatic carbocycles. The highest BCUT2D eigenvalue weighted by Crippen LogP contribution is 2.11. The highest BCUT2D eigenvalue weighted by atomic mass is 16.5. The monoisotopic (exact) mass is 257 g/mol. The van der Waals surface area contributed by atoms with Crippen molar-refractivity contribution in [3.8, 4) is 0 Å². The Morgan fingerprint density at radius 3 is 2.78 bits per heavy atom. The van der Waals surface area contributed by atoms with Gasteiger partial charge in [0.15, 0.2) is 0 Å². The van der Waals surface area contributed by atoms with Gasteiger partial charge >= 0.3 is 0 Å². The van der Waals surface area contributed by atoms with E-state index in [1.165, 1.54) is 0 Å². The van der Waals surface area contributed by atoms with Crippen molar-refractivity contribution in [3.05, 3.63) is 0 Å². The molecule has 2 heterocycles. The first-order valence-corrected chi connectivity index (χ1v) is 6.66. The number of piperazine rings is 1. The van der Waals surface area contributed by atoms with Crippen LogP contribution >= 0.6 is 0 Å². The van der Waals surface area contributed by atoms with Gasteiger partial charge in [-0.3, -0.25) is 9.69 Å². The molecule has 2 aliphatic heterocycles. The summed E-state index contributed by atoms with van der Waals surface area (Å²) in [6.45, 7) is 7.27.